The fourth-order valence-corrected chi connectivity index (χ4v) is 3.28. The lowest BCUT2D eigenvalue weighted by molar-refractivity contribution is 0.0318. The number of rotatable bonds is 2. The van der Waals surface area contributed by atoms with E-state index >= 15 is 0 Å². The molecular formula is C13H21N5OS. The van der Waals surface area contributed by atoms with E-state index in [9.17, 15) is 4.79 Å². The highest BCUT2D eigenvalue weighted by Gasteiger charge is 2.35. The van der Waals surface area contributed by atoms with Crippen LogP contribution in [-0.2, 0) is 0 Å². The molecule has 2 fully saturated rings. The molecule has 6 nitrogen and oxygen atoms in total. The first-order valence-electron chi connectivity index (χ1n) is 7.03. The molecule has 0 spiro atoms. The van der Waals surface area contributed by atoms with Gasteiger partial charge in [-0.2, -0.15) is 0 Å². The zero-order chi connectivity index (χ0) is 14.1. The highest BCUT2D eigenvalue weighted by atomic mass is 32.1. The Morgan fingerprint density at radius 3 is 2.65 bits per heavy atom. The first-order chi connectivity index (χ1) is 9.61. The Balaban J connectivity index is 1.44. The molecule has 20 heavy (non-hydrogen) atoms. The number of carbonyl (C=O) groups excluding carboxylic acids is 1. The average molecular weight is 295 g/mol. The van der Waals surface area contributed by atoms with Gasteiger partial charge < -0.3 is 9.80 Å². The Labute approximate surface area is 123 Å². The summed E-state index contributed by atoms with van der Waals surface area (Å²) in [7, 11) is 2.16. The number of urea groups is 1. The third kappa shape index (κ3) is 2.94. The molecule has 1 N–H and O–H groups in total. The van der Waals surface area contributed by atoms with Gasteiger partial charge in [0, 0.05) is 56.4 Å². The van der Waals surface area contributed by atoms with E-state index in [1.54, 1.807) is 6.20 Å². The number of piperazine rings is 1. The molecule has 0 saturated carbocycles. The van der Waals surface area contributed by atoms with Crippen molar-refractivity contribution in [3.63, 3.8) is 0 Å². The van der Waals surface area contributed by atoms with Gasteiger partial charge in [-0.3, -0.25) is 10.2 Å². The number of likely N-dealkylation sites (N-methyl/N-ethyl adjacent to an activating group) is 1. The molecule has 1 aromatic rings. The molecular weight excluding hydrogens is 274 g/mol. The number of anilines is 1. The Morgan fingerprint density at radius 2 is 2.05 bits per heavy atom. The molecule has 1 aromatic heterocycles. The summed E-state index contributed by atoms with van der Waals surface area (Å²) in [5.74, 6) is 0. The minimum atomic E-state index is -0.0234. The maximum atomic E-state index is 12.0. The molecule has 3 rings (SSSR count). The number of hydrogen-bond donors (Lipinski definition) is 1. The van der Waals surface area contributed by atoms with Gasteiger partial charge in [0.25, 0.3) is 0 Å². The minimum absolute atomic E-state index is 0.0234. The van der Waals surface area contributed by atoms with Crippen molar-refractivity contribution in [2.24, 2.45) is 0 Å². The van der Waals surface area contributed by atoms with E-state index < -0.39 is 0 Å². The summed E-state index contributed by atoms with van der Waals surface area (Å²) in [5, 5.41) is 3.55. The molecule has 0 atom stereocenters. The van der Waals surface area contributed by atoms with E-state index in [1.807, 2.05) is 11.8 Å². The first-order valence-corrected chi connectivity index (χ1v) is 7.84. The summed E-state index contributed by atoms with van der Waals surface area (Å²) in [6.07, 6.45) is 1.78. The SMILES string of the molecule is Cc1cnc(NC(=O)N2CC(N3CCN(C)CC3)C2)s1. The standard InChI is InChI=1S/C13H21N5OS/c1-10-7-14-12(20-10)15-13(19)18-8-11(9-18)17-5-3-16(2)4-6-17/h7,11H,3-6,8-9H2,1-2H3,(H,14,15,19). The van der Waals surface area contributed by atoms with Crippen molar-refractivity contribution in [1.29, 1.82) is 0 Å². The van der Waals surface area contributed by atoms with Crippen LogP contribution in [0.15, 0.2) is 6.20 Å². The van der Waals surface area contributed by atoms with E-state index in [0.717, 1.165) is 44.1 Å². The van der Waals surface area contributed by atoms with Gasteiger partial charge in [-0.1, -0.05) is 0 Å². The zero-order valence-corrected chi connectivity index (χ0v) is 12.8. The summed E-state index contributed by atoms with van der Waals surface area (Å²) in [4.78, 5) is 24.0. The van der Waals surface area contributed by atoms with Crippen LogP contribution in [0.2, 0.25) is 0 Å². The number of nitrogens with one attached hydrogen (secondary N) is 1. The second kappa shape index (κ2) is 5.67. The quantitative estimate of drug-likeness (QED) is 0.881. The van der Waals surface area contributed by atoms with Crippen LogP contribution >= 0.6 is 11.3 Å². The second-order valence-corrected chi connectivity index (χ2v) is 6.84. The van der Waals surface area contributed by atoms with Gasteiger partial charge in [-0.15, -0.1) is 11.3 Å². The van der Waals surface area contributed by atoms with Gasteiger partial charge in [-0.05, 0) is 14.0 Å². The third-order valence-corrected chi connectivity index (χ3v) is 4.87. The third-order valence-electron chi connectivity index (χ3n) is 4.04. The number of likely N-dealkylation sites (tertiary alicyclic amines) is 1. The van der Waals surface area contributed by atoms with Gasteiger partial charge in [-0.25, -0.2) is 9.78 Å². The first kappa shape index (κ1) is 13.8. The monoisotopic (exact) mass is 295 g/mol. The Bertz CT molecular complexity index is 477. The molecule has 2 saturated heterocycles. The second-order valence-electron chi connectivity index (χ2n) is 5.60. The molecule has 2 aliphatic heterocycles. The summed E-state index contributed by atoms with van der Waals surface area (Å²) < 4.78 is 0. The smallest absolute Gasteiger partial charge is 0.321 e. The van der Waals surface area contributed by atoms with Crippen molar-refractivity contribution in [2.75, 3.05) is 51.6 Å². The topological polar surface area (TPSA) is 51.7 Å². The van der Waals surface area contributed by atoms with Crippen LogP contribution in [0.5, 0.6) is 0 Å². The Hall–Kier alpha value is -1.18. The molecule has 0 bridgehead atoms. The van der Waals surface area contributed by atoms with Gasteiger partial charge in [0.2, 0.25) is 0 Å². The number of aromatic nitrogens is 1. The molecule has 2 amide bonds. The lowest BCUT2D eigenvalue weighted by atomic mass is 10.1. The van der Waals surface area contributed by atoms with Crippen LogP contribution in [0.4, 0.5) is 9.93 Å². The fourth-order valence-electron chi connectivity index (χ4n) is 2.62. The summed E-state index contributed by atoms with van der Waals surface area (Å²) in [6, 6.07) is 0.511. The Kier molecular flexibility index (Phi) is 3.91. The number of aryl methyl sites for hydroxylation is 1. The van der Waals surface area contributed by atoms with E-state index in [4.69, 9.17) is 0 Å². The Morgan fingerprint density at radius 1 is 1.35 bits per heavy atom. The number of thiazole rings is 1. The van der Waals surface area contributed by atoms with Crippen molar-refractivity contribution in [3.8, 4) is 0 Å². The van der Waals surface area contributed by atoms with E-state index in [-0.39, 0.29) is 6.03 Å². The molecule has 2 aliphatic rings. The van der Waals surface area contributed by atoms with E-state index in [0.29, 0.717) is 11.2 Å². The number of amides is 2. The maximum Gasteiger partial charge on any atom is 0.323 e. The van der Waals surface area contributed by atoms with Crippen molar-refractivity contribution < 1.29 is 4.79 Å². The van der Waals surface area contributed by atoms with Crippen LogP contribution < -0.4 is 5.32 Å². The van der Waals surface area contributed by atoms with Crippen molar-refractivity contribution >= 4 is 22.5 Å². The number of hydrogen-bond acceptors (Lipinski definition) is 5. The molecule has 0 radical (unpaired) electrons. The molecule has 0 aliphatic carbocycles. The van der Waals surface area contributed by atoms with Crippen LogP contribution in [0.3, 0.4) is 0 Å². The average Bonchev–Trinajstić information content (AvgIpc) is 2.75. The molecule has 3 heterocycles. The van der Waals surface area contributed by atoms with E-state index in [2.05, 4.69) is 27.1 Å². The van der Waals surface area contributed by atoms with Gasteiger partial charge in [0.1, 0.15) is 0 Å². The number of carbonyl (C=O) groups is 1. The van der Waals surface area contributed by atoms with Crippen molar-refractivity contribution in [2.45, 2.75) is 13.0 Å². The van der Waals surface area contributed by atoms with Crippen LogP contribution in [0.1, 0.15) is 4.88 Å². The summed E-state index contributed by atoms with van der Waals surface area (Å²) >= 11 is 1.51. The maximum absolute atomic E-state index is 12.0. The lowest BCUT2D eigenvalue weighted by Crippen LogP contribution is -2.64. The summed E-state index contributed by atoms with van der Waals surface area (Å²) in [6.45, 7) is 8.13. The normalized spacial score (nSPS) is 21.8. The van der Waals surface area contributed by atoms with Gasteiger partial charge in [0.15, 0.2) is 5.13 Å². The predicted octanol–water partition coefficient (Wildman–Crippen LogP) is 0.915. The zero-order valence-electron chi connectivity index (χ0n) is 12.0. The van der Waals surface area contributed by atoms with E-state index in [1.165, 1.54) is 11.3 Å². The molecule has 0 aromatic carbocycles. The van der Waals surface area contributed by atoms with Gasteiger partial charge >= 0.3 is 6.03 Å². The van der Waals surface area contributed by atoms with Crippen LogP contribution in [0.25, 0.3) is 0 Å². The lowest BCUT2D eigenvalue weighted by Gasteiger charge is -2.47. The largest absolute Gasteiger partial charge is 0.323 e. The van der Waals surface area contributed by atoms with Crippen LogP contribution in [-0.4, -0.2) is 78.1 Å². The number of nitrogens with zero attached hydrogens (tertiary/aromatic N) is 4. The van der Waals surface area contributed by atoms with Crippen LogP contribution in [0, 0.1) is 6.92 Å². The minimum Gasteiger partial charge on any atom is -0.321 e. The predicted molar refractivity (Wildman–Crippen MR) is 80.3 cm³/mol. The highest BCUT2D eigenvalue weighted by molar-refractivity contribution is 7.15. The summed E-state index contributed by atoms with van der Waals surface area (Å²) in [5.41, 5.74) is 0. The van der Waals surface area contributed by atoms with Crippen molar-refractivity contribution in [3.05, 3.63) is 11.1 Å². The fraction of sp³-hybridized carbons (Fsp3) is 0.692. The van der Waals surface area contributed by atoms with Crippen molar-refractivity contribution in [1.82, 2.24) is 19.7 Å². The molecule has 0 unspecified atom stereocenters. The van der Waals surface area contributed by atoms with Gasteiger partial charge in [0.05, 0.1) is 0 Å². The molecule has 7 heteroatoms. The molecule has 110 valence electrons. The highest BCUT2D eigenvalue weighted by Crippen LogP contribution is 2.20.